The van der Waals surface area contributed by atoms with Gasteiger partial charge in [-0.1, -0.05) is 47.7 Å². The van der Waals surface area contributed by atoms with Gasteiger partial charge in [0.2, 0.25) is 0 Å². The van der Waals surface area contributed by atoms with E-state index in [2.05, 4.69) is 15.4 Å². The Kier molecular flexibility index (Phi) is 5.28. The molecule has 0 N–H and O–H groups in total. The molecule has 2 heterocycles. The number of hydrogen-bond donors (Lipinski definition) is 0. The fraction of sp³-hybridized carbons (Fsp3) is 0.190. The van der Waals surface area contributed by atoms with Crippen molar-refractivity contribution in [3.05, 3.63) is 75.0 Å². The topological polar surface area (TPSA) is 91.9 Å². The van der Waals surface area contributed by atoms with Gasteiger partial charge in [0.05, 0.1) is 11.4 Å². The second-order valence-electron chi connectivity index (χ2n) is 6.81. The zero-order valence-corrected chi connectivity index (χ0v) is 17.5. The van der Waals surface area contributed by atoms with Crippen molar-refractivity contribution in [2.75, 3.05) is 0 Å². The van der Waals surface area contributed by atoms with Crippen molar-refractivity contribution in [1.29, 1.82) is 0 Å². The third-order valence-electron chi connectivity index (χ3n) is 4.64. The lowest BCUT2D eigenvalue weighted by atomic mass is 10.0. The van der Waals surface area contributed by atoms with E-state index in [-0.39, 0.29) is 11.5 Å². The summed E-state index contributed by atoms with van der Waals surface area (Å²) < 4.78 is 8.29. The van der Waals surface area contributed by atoms with E-state index in [1.807, 2.05) is 48.7 Å². The normalized spacial score (nSPS) is 10.9. The summed E-state index contributed by atoms with van der Waals surface area (Å²) in [6, 6.07) is 13.0. The molecule has 0 bridgehead atoms. The van der Waals surface area contributed by atoms with Crippen LogP contribution in [0.3, 0.4) is 0 Å². The molecular formula is C21H19N5O3S. The summed E-state index contributed by atoms with van der Waals surface area (Å²) in [6.07, 6.45) is 0. The van der Waals surface area contributed by atoms with Crippen LogP contribution in [-0.4, -0.2) is 30.6 Å². The highest BCUT2D eigenvalue weighted by Crippen LogP contribution is 2.29. The Balaban J connectivity index is 1.50. The molecule has 4 rings (SSSR count). The molecule has 0 unspecified atom stereocenters. The molecule has 0 spiro atoms. The van der Waals surface area contributed by atoms with E-state index < -0.39 is 0 Å². The summed E-state index contributed by atoms with van der Waals surface area (Å²) in [5, 5.41) is 10.0. The van der Waals surface area contributed by atoms with Crippen LogP contribution < -0.4 is 10.4 Å². The van der Waals surface area contributed by atoms with Crippen molar-refractivity contribution in [3.63, 3.8) is 0 Å². The molecule has 0 aliphatic rings. The smallest absolute Gasteiger partial charge is 0.368 e. The molecule has 0 saturated carbocycles. The number of aromatic nitrogens is 5. The molecule has 8 nitrogen and oxygen atoms in total. The number of carbonyl (C=O) groups is 1. The molecule has 9 heteroatoms. The number of benzene rings is 2. The zero-order chi connectivity index (χ0) is 21.3. The lowest BCUT2D eigenvalue weighted by molar-refractivity contribution is 0.101. The molecule has 0 aliphatic heterocycles. The van der Waals surface area contributed by atoms with Gasteiger partial charge in [0.1, 0.15) is 6.61 Å². The van der Waals surface area contributed by atoms with E-state index in [9.17, 15) is 9.59 Å². The van der Waals surface area contributed by atoms with Gasteiger partial charge in [-0.25, -0.2) is 9.78 Å². The summed E-state index contributed by atoms with van der Waals surface area (Å²) in [5.41, 5.74) is 4.35. The maximum Gasteiger partial charge on any atom is 0.368 e. The molecule has 2 aromatic carbocycles. The minimum Gasteiger partial charge on any atom is -0.465 e. The third kappa shape index (κ3) is 3.79. The Labute approximate surface area is 176 Å². The van der Waals surface area contributed by atoms with Gasteiger partial charge in [-0.05, 0) is 41.5 Å². The Morgan fingerprint density at radius 1 is 1.17 bits per heavy atom. The number of tetrazole rings is 1. The molecule has 0 amide bonds. The van der Waals surface area contributed by atoms with Gasteiger partial charge >= 0.3 is 5.69 Å². The number of Topliss-reactive ketones (excluding diaryl/α,β-unsaturated/α-hetero) is 1. The second-order valence-corrected chi connectivity index (χ2v) is 7.63. The molecule has 0 saturated heterocycles. The number of nitrogens with zero attached hydrogens (tertiary/aromatic N) is 5. The fourth-order valence-corrected chi connectivity index (χ4v) is 3.79. The highest BCUT2D eigenvalue weighted by molar-refractivity contribution is 7.11. The number of ketones is 1. The van der Waals surface area contributed by atoms with Crippen molar-refractivity contribution in [2.45, 2.75) is 20.5 Å². The summed E-state index contributed by atoms with van der Waals surface area (Å²) in [5.74, 6) is -0.00107. The van der Waals surface area contributed by atoms with Crippen molar-refractivity contribution in [1.82, 2.24) is 24.8 Å². The minimum absolute atomic E-state index is 0.00107. The van der Waals surface area contributed by atoms with E-state index in [4.69, 9.17) is 4.74 Å². The first kappa shape index (κ1) is 19.7. The van der Waals surface area contributed by atoms with E-state index in [1.54, 1.807) is 20.0 Å². The Morgan fingerprint density at radius 3 is 2.67 bits per heavy atom. The molecule has 0 atom stereocenters. The average Bonchev–Trinajstić information content (AvgIpc) is 3.34. The van der Waals surface area contributed by atoms with Crippen molar-refractivity contribution in [3.8, 4) is 22.1 Å². The van der Waals surface area contributed by atoms with Crippen molar-refractivity contribution >= 4 is 17.1 Å². The van der Waals surface area contributed by atoms with Crippen LogP contribution in [0.2, 0.25) is 0 Å². The Morgan fingerprint density at radius 2 is 1.97 bits per heavy atom. The van der Waals surface area contributed by atoms with Gasteiger partial charge in [0, 0.05) is 23.6 Å². The van der Waals surface area contributed by atoms with Crippen LogP contribution in [0, 0.1) is 6.92 Å². The minimum atomic E-state index is -0.303. The van der Waals surface area contributed by atoms with E-state index in [0.29, 0.717) is 28.7 Å². The van der Waals surface area contributed by atoms with Gasteiger partial charge in [-0.3, -0.25) is 4.79 Å². The molecular weight excluding hydrogens is 402 g/mol. The highest BCUT2D eigenvalue weighted by Gasteiger charge is 2.13. The first-order valence-electron chi connectivity index (χ1n) is 9.21. The number of aryl methyl sites for hydroxylation is 2. The predicted octanol–water partition coefficient (Wildman–Crippen LogP) is 3.18. The molecule has 30 heavy (non-hydrogen) atoms. The second kappa shape index (κ2) is 8.03. The molecule has 152 valence electrons. The van der Waals surface area contributed by atoms with Gasteiger partial charge in [-0.2, -0.15) is 9.36 Å². The lowest BCUT2D eigenvalue weighted by Gasteiger charge is -2.08. The number of hydrogen-bond acceptors (Lipinski definition) is 7. The number of ether oxygens (including phenoxy) is 1. The van der Waals surface area contributed by atoms with Gasteiger partial charge in [0.25, 0.3) is 5.19 Å². The standard InChI is InChI=1S/C21H19N5O3S/c1-13-10-15(8-9-19(13)26-21(28)25(3)23-24-26)11-29-20-22-18(12-30-20)17-7-5-4-6-16(17)14(2)27/h4-10,12H,11H2,1-3H3. The third-order valence-corrected chi connectivity index (χ3v) is 5.39. The van der Waals surface area contributed by atoms with Crippen LogP contribution >= 0.6 is 11.3 Å². The zero-order valence-electron chi connectivity index (χ0n) is 16.7. The molecule has 0 aliphatic carbocycles. The van der Waals surface area contributed by atoms with E-state index in [1.165, 1.54) is 20.7 Å². The Bertz CT molecular complexity index is 1290. The van der Waals surface area contributed by atoms with Gasteiger partial charge in [0.15, 0.2) is 5.78 Å². The lowest BCUT2D eigenvalue weighted by Crippen LogP contribution is -2.22. The Hall–Kier alpha value is -3.59. The number of thiazole rings is 1. The molecule has 4 aromatic rings. The highest BCUT2D eigenvalue weighted by atomic mass is 32.1. The van der Waals surface area contributed by atoms with Crippen LogP contribution in [-0.2, 0) is 13.7 Å². The SMILES string of the molecule is CC(=O)c1ccccc1-c1csc(OCc2ccc(-n3nnn(C)c3=O)c(C)c2)n1. The quantitative estimate of drug-likeness (QED) is 0.444. The number of carbonyl (C=O) groups excluding carboxylic acids is 1. The molecule has 2 aromatic heterocycles. The van der Waals surface area contributed by atoms with Gasteiger partial charge in [-0.15, -0.1) is 0 Å². The maximum atomic E-state index is 12.1. The maximum absolute atomic E-state index is 12.1. The van der Waals surface area contributed by atoms with Crippen molar-refractivity contribution in [2.24, 2.45) is 7.05 Å². The monoisotopic (exact) mass is 421 g/mol. The average molecular weight is 421 g/mol. The largest absolute Gasteiger partial charge is 0.465 e. The van der Waals surface area contributed by atoms with Crippen LogP contribution in [0.5, 0.6) is 5.19 Å². The molecule has 0 fully saturated rings. The van der Waals surface area contributed by atoms with Crippen LogP contribution in [0.4, 0.5) is 0 Å². The van der Waals surface area contributed by atoms with Gasteiger partial charge < -0.3 is 4.74 Å². The summed E-state index contributed by atoms with van der Waals surface area (Å²) >= 11 is 1.38. The van der Waals surface area contributed by atoms with Crippen LogP contribution in [0.15, 0.2) is 52.6 Å². The molecule has 0 radical (unpaired) electrons. The summed E-state index contributed by atoms with van der Waals surface area (Å²) in [7, 11) is 1.56. The van der Waals surface area contributed by atoms with E-state index in [0.717, 1.165) is 16.7 Å². The van der Waals surface area contributed by atoms with Crippen LogP contribution in [0.1, 0.15) is 28.4 Å². The predicted molar refractivity (Wildman–Crippen MR) is 113 cm³/mol. The fourth-order valence-electron chi connectivity index (χ4n) is 3.12. The number of rotatable bonds is 6. The van der Waals surface area contributed by atoms with Crippen LogP contribution in [0.25, 0.3) is 16.9 Å². The summed E-state index contributed by atoms with van der Waals surface area (Å²) in [6.45, 7) is 3.78. The summed E-state index contributed by atoms with van der Waals surface area (Å²) in [4.78, 5) is 28.4. The first-order valence-corrected chi connectivity index (χ1v) is 10.1. The van der Waals surface area contributed by atoms with E-state index >= 15 is 0 Å². The first-order chi connectivity index (χ1) is 14.4. The van der Waals surface area contributed by atoms with Crippen molar-refractivity contribution < 1.29 is 9.53 Å².